The molecule has 0 aromatic carbocycles. The van der Waals surface area contributed by atoms with Gasteiger partial charge in [-0.25, -0.2) is 0 Å². The number of carbonyl (C=O) groups excluding carboxylic acids is 1. The van der Waals surface area contributed by atoms with Crippen molar-refractivity contribution in [1.82, 2.24) is 20.2 Å². The van der Waals surface area contributed by atoms with E-state index in [1.165, 1.54) is 19.8 Å². The first-order chi connectivity index (χ1) is 9.56. The average molecular weight is 299 g/mol. The minimum absolute atomic E-state index is 0.0960. The van der Waals surface area contributed by atoms with Gasteiger partial charge in [0, 0.05) is 6.54 Å². The van der Waals surface area contributed by atoms with E-state index in [0.717, 1.165) is 29.3 Å². The number of unbranched alkanes of at least 4 members (excludes halogenated alkanes) is 3. The normalized spacial score (nSPS) is 10.5. The van der Waals surface area contributed by atoms with E-state index in [2.05, 4.69) is 22.4 Å². The molecule has 0 bridgehead atoms. The Labute approximate surface area is 122 Å². The van der Waals surface area contributed by atoms with Crippen molar-refractivity contribution in [3.63, 3.8) is 0 Å². The zero-order valence-corrected chi connectivity index (χ0v) is 12.7. The minimum atomic E-state index is -0.400. The number of nitrogens with zero attached hydrogens (tertiary/aromatic N) is 3. The van der Waals surface area contributed by atoms with Gasteiger partial charge < -0.3 is 11.2 Å². The highest BCUT2D eigenvalue weighted by atomic mass is 32.2. The van der Waals surface area contributed by atoms with E-state index >= 15 is 0 Å². The maximum Gasteiger partial charge on any atom is 0.294 e. The standard InChI is InChI=1S/C12H21N5O2S/c1-3-4-5-6-7-14-10(18)8-20-12-16-15-9(2)11(19)17(12)13/h3-8,13H2,1-2H3,(H,14,18). The number of aromatic nitrogens is 3. The zero-order chi connectivity index (χ0) is 15.0. The predicted octanol–water partition coefficient (Wildman–Crippen LogP) is 0.449. The van der Waals surface area contributed by atoms with Crippen molar-refractivity contribution < 1.29 is 4.79 Å². The van der Waals surface area contributed by atoms with Crippen molar-refractivity contribution in [3.8, 4) is 0 Å². The molecule has 0 fully saturated rings. The number of nitrogens with two attached hydrogens (primary N) is 1. The Morgan fingerprint density at radius 2 is 2.10 bits per heavy atom. The second-order valence-electron chi connectivity index (χ2n) is 4.44. The Morgan fingerprint density at radius 1 is 1.35 bits per heavy atom. The highest BCUT2D eigenvalue weighted by molar-refractivity contribution is 7.99. The third-order valence-corrected chi connectivity index (χ3v) is 3.65. The number of rotatable bonds is 8. The minimum Gasteiger partial charge on any atom is -0.355 e. The summed E-state index contributed by atoms with van der Waals surface area (Å²) < 4.78 is 0.918. The summed E-state index contributed by atoms with van der Waals surface area (Å²) in [5.41, 5.74) is -0.167. The molecule has 1 rings (SSSR count). The molecule has 0 aliphatic rings. The summed E-state index contributed by atoms with van der Waals surface area (Å²) in [6.45, 7) is 4.36. The van der Waals surface area contributed by atoms with Gasteiger partial charge in [0.2, 0.25) is 11.1 Å². The van der Waals surface area contributed by atoms with E-state index in [9.17, 15) is 9.59 Å². The molecule has 0 saturated carbocycles. The lowest BCUT2D eigenvalue weighted by Crippen LogP contribution is -2.33. The first-order valence-corrected chi connectivity index (χ1v) is 7.65. The highest BCUT2D eigenvalue weighted by Crippen LogP contribution is 2.10. The molecule has 0 radical (unpaired) electrons. The van der Waals surface area contributed by atoms with Gasteiger partial charge in [0.25, 0.3) is 5.56 Å². The fourth-order valence-electron chi connectivity index (χ4n) is 1.53. The predicted molar refractivity (Wildman–Crippen MR) is 79.1 cm³/mol. The summed E-state index contributed by atoms with van der Waals surface area (Å²) >= 11 is 1.10. The van der Waals surface area contributed by atoms with Crippen LogP contribution in [0.25, 0.3) is 0 Å². The summed E-state index contributed by atoms with van der Waals surface area (Å²) in [6.07, 6.45) is 4.46. The van der Waals surface area contributed by atoms with Gasteiger partial charge in [-0.1, -0.05) is 37.9 Å². The van der Waals surface area contributed by atoms with Gasteiger partial charge in [-0.15, -0.1) is 10.2 Å². The summed E-state index contributed by atoms with van der Waals surface area (Å²) in [5.74, 6) is 5.65. The number of amides is 1. The second-order valence-corrected chi connectivity index (χ2v) is 5.38. The lowest BCUT2D eigenvalue weighted by atomic mass is 10.2. The van der Waals surface area contributed by atoms with E-state index in [-0.39, 0.29) is 22.5 Å². The largest absolute Gasteiger partial charge is 0.355 e. The van der Waals surface area contributed by atoms with Crippen LogP contribution < -0.4 is 16.7 Å². The maximum atomic E-state index is 11.6. The maximum absolute atomic E-state index is 11.6. The van der Waals surface area contributed by atoms with Gasteiger partial charge in [-0.05, 0) is 13.3 Å². The third kappa shape index (κ3) is 5.20. The molecule has 0 unspecified atom stereocenters. The third-order valence-electron chi connectivity index (χ3n) is 2.70. The van der Waals surface area contributed by atoms with Crippen LogP contribution in [-0.4, -0.2) is 33.1 Å². The van der Waals surface area contributed by atoms with Crippen LogP contribution in [-0.2, 0) is 4.79 Å². The molecule has 112 valence electrons. The molecule has 1 amide bonds. The molecule has 7 nitrogen and oxygen atoms in total. The van der Waals surface area contributed by atoms with Crippen LogP contribution in [0, 0.1) is 6.92 Å². The van der Waals surface area contributed by atoms with Crippen LogP contribution in [0.2, 0.25) is 0 Å². The molecular formula is C12H21N5O2S. The van der Waals surface area contributed by atoms with Crippen LogP contribution in [0.3, 0.4) is 0 Å². The van der Waals surface area contributed by atoms with Gasteiger partial charge >= 0.3 is 0 Å². The van der Waals surface area contributed by atoms with Gasteiger partial charge in [0.15, 0.2) is 0 Å². The molecule has 0 atom stereocenters. The van der Waals surface area contributed by atoms with Crippen LogP contribution >= 0.6 is 11.8 Å². The van der Waals surface area contributed by atoms with Crippen molar-refractivity contribution in [2.45, 2.75) is 44.7 Å². The smallest absolute Gasteiger partial charge is 0.294 e. The van der Waals surface area contributed by atoms with E-state index in [4.69, 9.17) is 5.84 Å². The van der Waals surface area contributed by atoms with Crippen molar-refractivity contribution in [2.75, 3.05) is 18.1 Å². The van der Waals surface area contributed by atoms with E-state index in [1.54, 1.807) is 0 Å². The average Bonchev–Trinajstić information content (AvgIpc) is 2.44. The van der Waals surface area contributed by atoms with Gasteiger partial charge in [-0.3, -0.25) is 9.59 Å². The number of hydrogen-bond donors (Lipinski definition) is 2. The molecule has 1 aromatic rings. The topological polar surface area (TPSA) is 103 Å². The molecule has 8 heteroatoms. The number of aryl methyl sites for hydroxylation is 1. The van der Waals surface area contributed by atoms with Crippen molar-refractivity contribution in [3.05, 3.63) is 16.0 Å². The van der Waals surface area contributed by atoms with Crippen molar-refractivity contribution >= 4 is 17.7 Å². The first kappa shape index (κ1) is 16.5. The van der Waals surface area contributed by atoms with Gasteiger partial charge in [0.1, 0.15) is 5.69 Å². The number of carbonyl (C=O) groups is 1. The van der Waals surface area contributed by atoms with Gasteiger partial charge in [0.05, 0.1) is 5.75 Å². The van der Waals surface area contributed by atoms with Crippen LogP contribution in [0.1, 0.15) is 38.3 Å². The lowest BCUT2D eigenvalue weighted by molar-refractivity contribution is -0.118. The fraction of sp³-hybridized carbons (Fsp3) is 0.667. The monoisotopic (exact) mass is 299 g/mol. The molecule has 1 aromatic heterocycles. The molecule has 20 heavy (non-hydrogen) atoms. The Bertz CT molecular complexity index is 503. The van der Waals surface area contributed by atoms with Crippen LogP contribution in [0.4, 0.5) is 0 Å². The lowest BCUT2D eigenvalue weighted by Gasteiger charge is -2.06. The Kier molecular flexibility index (Phi) is 7.06. The Balaban J connectivity index is 2.34. The van der Waals surface area contributed by atoms with Crippen molar-refractivity contribution in [2.24, 2.45) is 0 Å². The number of hydrogen-bond acceptors (Lipinski definition) is 6. The summed E-state index contributed by atoms with van der Waals surface area (Å²) in [6, 6.07) is 0. The molecule has 3 N–H and O–H groups in total. The van der Waals surface area contributed by atoms with E-state index in [1.807, 2.05) is 0 Å². The molecule has 1 heterocycles. The Morgan fingerprint density at radius 3 is 2.80 bits per heavy atom. The number of thioether (sulfide) groups is 1. The summed E-state index contributed by atoms with van der Waals surface area (Å²) in [4.78, 5) is 23.1. The summed E-state index contributed by atoms with van der Waals surface area (Å²) in [7, 11) is 0. The highest BCUT2D eigenvalue weighted by Gasteiger charge is 2.09. The van der Waals surface area contributed by atoms with Crippen molar-refractivity contribution in [1.29, 1.82) is 0 Å². The second kappa shape index (κ2) is 8.57. The Hall–Kier alpha value is -1.57. The quantitative estimate of drug-likeness (QED) is 0.410. The molecule has 0 aliphatic carbocycles. The van der Waals surface area contributed by atoms with E-state index < -0.39 is 5.56 Å². The molecule has 0 aliphatic heterocycles. The van der Waals surface area contributed by atoms with Gasteiger partial charge in [-0.2, -0.15) is 4.68 Å². The molecular weight excluding hydrogens is 278 g/mol. The van der Waals surface area contributed by atoms with Crippen LogP contribution in [0.5, 0.6) is 0 Å². The molecule has 0 saturated heterocycles. The summed E-state index contributed by atoms with van der Waals surface area (Å²) in [5, 5.41) is 10.6. The van der Waals surface area contributed by atoms with Crippen LogP contribution in [0.15, 0.2) is 9.95 Å². The number of nitrogen functional groups attached to an aromatic ring is 1. The van der Waals surface area contributed by atoms with E-state index in [0.29, 0.717) is 6.54 Å². The zero-order valence-electron chi connectivity index (χ0n) is 11.9. The first-order valence-electron chi connectivity index (χ1n) is 6.67. The number of nitrogens with one attached hydrogen (secondary N) is 1. The fourth-order valence-corrected chi connectivity index (χ4v) is 2.21. The molecule has 0 spiro atoms. The SMILES string of the molecule is CCCCCCNC(=O)CSc1nnc(C)c(=O)n1N.